The molecule has 15 heavy (non-hydrogen) atoms. The first-order chi connectivity index (χ1) is 7.19. The van der Waals surface area contributed by atoms with Gasteiger partial charge in [0, 0.05) is 18.9 Å². The summed E-state index contributed by atoms with van der Waals surface area (Å²) in [6, 6.07) is -0.0213. The molecular weight excluding hydrogens is 192 g/mol. The van der Waals surface area contributed by atoms with Crippen LogP contribution in [0.1, 0.15) is 19.5 Å². The first-order valence-corrected chi connectivity index (χ1v) is 5.06. The maximum atomic E-state index is 9.18. The molecule has 1 unspecified atom stereocenters. The molecule has 0 spiro atoms. The van der Waals surface area contributed by atoms with E-state index in [4.69, 9.17) is 5.73 Å². The van der Waals surface area contributed by atoms with Gasteiger partial charge in [0.1, 0.15) is 5.82 Å². The molecule has 1 rings (SSSR count). The van der Waals surface area contributed by atoms with Crippen LogP contribution in [-0.4, -0.2) is 27.7 Å². The van der Waals surface area contributed by atoms with Crippen molar-refractivity contribution in [1.29, 1.82) is 0 Å². The van der Waals surface area contributed by atoms with E-state index in [9.17, 15) is 5.11 Å². The van der Waals surface area contributed by atoms with Gasteiger partial charge in [0.25, 0.3) is 0 Å². The minimum atomic E-state index is -0.0213. The Morgan fingerprint density at radius 1 is 1.40 bits per heavy atom. The Bertz CT molecular complexity index is 303. The number of nitrogens with zero attached hydrogens (tertiary/aromatic N) is 2. The average molecular weight is 210 g/mol. The lowest BCUT2D eigenvalue weighted by molar-refractivity contribution is 0.249. The Morgan fingerprint density at radius 2 is 2.07 bits per heavy atom. The van der Waals surface area contributed by atoms with Crippen molar-refractivity contribution in [1.82, 2.24) is 9.97 Å². The van der Waals surface area contributed by atoms with E-state index in [-0.39, 0.29) is 12.6 Å². The quantitative estimate of drug-likeness (QED) is 0.653. The summed E-state index contributed by atoms with van der Waals surface area (Å²) in [6.45, 7) is 4.48. The number of aliphatic hydroxyl groups is 1. The molecule has 5 nitrogen and oxygen atoms in total. The summed E-state index contributed by atoms with van der Waals surface area (Å²) in [5.41, 5.74) is 6.26. The van der Waals surface area contributed by atoms with E-state index in [1.807, 2.05) is 13.8 Å². The maximum Gasteiger partial charge on any atom is 0.149 e. The molecule has 1 aromatic heterocycles. The fraction of sp³-hybridized carbons (Fsp3) is 0.600. The van der Waals surface area contributed by atoms with Crippen LogP contribution < -0.4 is 11.1 Å². The summed E-state index contributed by atoms with van der Waals surface area (Å²) in [6.07, 6.45) is 3.22. The van der Waals surface area contributed by atoms with Gasteiger partial charge in [0.05, 0.1) is 18.3 Å². The summed E-state index contributed by atoms with van der Waals surface area (Å²) in [5.74, 6) is 0.982. The topological polar surface area (TPSA) is 84.1 Å². The second-order valence-corrected chi connectivity index (χ2v) is 3.73. The summed E-state index contributed by atoms with van der Waals surface area (Å²) in [4.78, 5) is 8.27. The summed E-state index contributed by atoms with van der Waals surface area (Å²) < 4.78 is 0. The second kappa shape index (κ2) is 5.63. The molecule has 84 valence electrons. The fourth-order valence-electron chi connectivity index (χ4n) is 1.24. The van der Waals surface area contributed by atoms with Crippen molar-refractivity contribution >= 4 is 5.82 Å². The number of hydrogen-bond acceptors (Lipinski definition) is 5. The van der Waals surface area contributed by atoms with Gasteiger partial charge >= 0.3 is 0 Å². The highest BCUT2D eigenvalue weighted by atomic mass is 16.3. The molecule has 1 atom stereocenters. The number of aliphatic hydroxyl groups excluding tert-OH is 1. The standard InChI is InChI=1S/C10H18N4O/c1-7(2)9(6-15)14-10-8(5-11)12-3-4-13-10/h3-4,7,9,15H,5-6,11H2,1-2H3,(H,13,14). The summed E-state index contributed by atoms with van der Waals surface area (Å²) in [7, 11) is 0. The lowest BCUT2D eigenvalue weighted by Gasteiger charge is -2.21. The zero-order chi connectivity index (χ0) is 11.3. The molecule has 4 N–H and O–H groups in total. The lowest BCUT2D eigenvalue weighted by Crippen LogP contribution is -2.30. The molecular formula is C10H18N4O. The zero-order valence-electron chi connectivity index (χ0n) is 9.14. The van der Waals surface area contributed by atoms with E-state index in [0.29, 0.717) is 18.3 Å². The smallest absolute Gasteiger partial charge is 0.149 e. The molecule has 0 aromatic carbocycles. The Hall–Kier alpha value is -1.20. The number of nitrogens with two attached hydrogens (primary N) is 1. The third kappa shape index (κ3) is 3.14. The van der Waals surface area contributed by atoms with Crippen LogP contribution >= 0.6 is 0 Å². The first kappa shape index (κ1) is 11.9. The Kier molecular flexibility index (Phi) is 4.45. The van der Waals surface area contributed by atoms with Crippen LogP contribution in [0.4, 0.5) is 5.82 Å². The molecule has 0 saturated heterocycles. The highest BCUT2D eigenvalue weighted by Crippen LogP contribution is 2.12. The molecule has 5 heteroatoms. The SMILES string of the molecule is CC(C)C(CO)Nc1nccnc1CN. The van der Waals surface area contributed by atoms with Crippen LogP contribution in [0.25, 0.3) is 0 Å². The Balaban J connectivity index is 2.78. The largest absolute Gasteiger partial charge is 0.394 e. The second-order valence-electron chi connectivity index (χ2n) is 3.73. The maximum absolute atomic E-state index is 9.18. The van der Waals surface area contributed by atoms with Gasteiger partial charge in [-0.2, -0.15) is 0 Å². The molecule has 0 amide bonds. The molecule has 1 heterocycles. The Morgan fingerprint density at radius 3 is 2.60 bits per heavy atom. The number of rotatable bonds is 5. The van der Waals surface area contributed by atoms with Gasteiger partial charge in [0.15, 0.2) is 0 Å². The van der Waals surface area contributed by atoms with Gasteiger partial charge in [-0.05, 0) is 5.92 Å². The first-order valence-electron chi connectivity index (χ1n) is 5.06. The van der Waals surface area contributed by atoms with Crippen LogP contribution in [-0.2, 0) is 6.54 Å². The van der Waals surface area contributed by atoms with Crippen molar-refractivity contribution in [3.05, 3.63) is 18.1 Å². The molecule has 1 aromatic rings. The molecule has 0 aliphatic rings. The van der Waals surface area contributed by atoms with E-state index in [1.165, 1.54) is 0 Å². The minimum absolute atomic E-state index is 0.0213. The van der Waals surface area contributed by atoms with Gasteiger partial charge in [-0.1, -0.05) is 13.8 Å². The van der Waals surface area contributed by atoms with E-state index >= 15 is 0 Å². The molecule has 0 aliphatic carbocycles. The van der Waals surface area contributed by atoms with Gasteiger partial charge in [-0.3, -0.25) is 4.98 Å². The monoisotopic (exact) mass is 210 g/mol. The van der Waals surface area contributed by atoms with Crippen molar-refractivity contribution in [3.8, 4) is 0 Å². The third-order valence-electron chi connectivity index (χ3n) is 2.29. The van der Waals surface area contributed by atoms with E-state index in [2.05, 4.69) is 15.3 Å². The van der Waals surface area contributed by atoms with Crippen molar-refractivity contribution in [3.63, 3.8) is 0 Å². The van der Waals surface area contributed by atoms with E-state index in [1.54, 1.807) is 12.4 Å². The van der Waals surface area contributed by atoms with E-state index < -0.39 is 0 Å². The van der Waals surface area contributed by atoms with Crippen LogP contribution in [0.5, 0.6) is 0 Å². The molecule has 0 radical (unpaired) electrons. The highest BCUT2D eigenvalue weighted by Gasteiger charge is 2.14. The zero-order valence-corrected chi connectivity index (χ0v) is 9.14. The molecule has 0 fully saturated rings. The molecule has 0 bridgehead atoms. The van der Waals surface area contributed by atoms with Gasteiger partial charge in [0.2, 0.25) is 0 Å². The van der Waals surface area contributed by atoms with Crippen molar-refractivity contribution in [2.45, 2.75) is 26.4 Å². The lowest BCUT2D eigenvalue weighted by atomic mass is 10.1. The summed E-state index contributed by atoms with van der Waals surface area (Å²) in [5, 5.41) is 12.3. The normalized spacial score (nSPS) is 12.9. The van der Waals surface area contributed by atoms with Gasteiger partial charge in [-0.15, -0.1) is 0 Å². The average Bonchev–Trinajstić information content (AvgIpc) is 2.25. The number of hydrogen-bond donors (Lipinski definition) is 3. The van der Waals surface area contributed by atoms with Crippen LogP contribution in [0.2, 0.25) is 0 Å². The predicted molar refractivity (Wildman–Crippen MR) is 59.3 cm³/mol. The minimum Gasteiger partial charge on any atom is -0.394 e. The molecule has 0 aliphatic heterocycles. The van der Waals surface area contributed by atoms with Crippen LogP contribution in [0.15, 0.2) is 12.4 Å². The number of anilines is 1. The third-order valence-corrected chi connectivity index (χ3v) is 2.29. The Labute approximate surface area is 89.7 Å². The van der Waals surface area contributed by atoms with Crippen LogP contribution in [0, 0.1) is 5.92 Å². The van der Waals surface area contributed by atoms with Gasteiger partial charge in [-0.25, -0.2) is 4.98 Å². The van der Waals surface area contributed by atoms with Crippen molar-refractivity contribution in [2.75, 3.05) is 11.9 Å². The number of aromatic nitrogens is 2. The molecule has 0 saturated carbocycles. The van der Waals surface area contributed by atoms with E-state index in [0.717, 1.165) is 5.69 Å². The predicted octanol–water partition coefficient (Wildman–Crippen LogP) is 0.364. The number of nitrogens with one attached hydrogen (secondary N) is 1. The van der Waals surface area contributed by atoms with Gasteiger partial charge < -0.3 is 16.2 Å². The summed E-state index contributed by atoms with van der Waals surface area (Å²) >= 11 is 0. The van der Waals surface area contributed by atoms with Crippen LogP contribution in [0.3, 0.4) is 0 Å². The van der Waals surface area contributed by atoms with Crippen molar-refractivity contribution < 1.29 is 5.11 Å². The highest BCUT2D eigenvalue weighted by molar-refractivity contribution is 5.40. The fourth-order valence-corrected chi connectivity index (χ4v) is 1.24. The van der Waals surface area contributed by atoms with Crippen molar-refractivity contribution in [2.24, 2.45) is 11.7 Å².